The van der Waals surface area contributed by atoms with Crippen LogP contribution in [0.4, 0.5) is 0 Å². The topological polar surface area (TPSA) is 66.0 Å². The standard InChI is InChI=1S/C22H28N4O2/c1-26(2)21(27)16-24-22(23-14-12-17-8-4-3-5-9-17)25-19-13-15-28-20-11-7-6-10-18(19)20/h3-11,19H,12-16H2,1-2H3,(H2,23,24,25). The van der Waals surface area contributed by atoms with E-state index < -0.39 is 0 Å². The van der Waals surface area contributed by atoms with Crippen molar-refractivity contribution in [3.8, 4) is 5.75 Å². The van der Waals surface area contributed by atoms with E-state index >= 15 is 0 Å². The van der Waals surface area contributed by atoms with E-state index in [-0.39, 0.29) is 18.5 Å². The summed E-state index contributed by atoms with van der Waals surface area (Å²) in [7, 11) is 3.48. The van der Waals surface area contributed by atoms with Crippen molar-refractivity contribution in [3.63, 3.8) is 0 Å². The number of likely N-dealkylation sites (N-methyl/N-ethyl adjacent to an activating group) is 1. The zero-order valence-corrected chi connectivity index (χ0v) is 16.5. The lowest BCUT2D eigenvalue weighted by Gasteiger charge is -2.28. The maximum atomic E-state index is 12.0. The molecule has 3 rings (SSSR count). The van der Waals surface area contributed by atoms with Gasteiger partial charge in [-0.1, -0.05) is 48.5 Å². The number of nitrogens with zero attached hydrogens (tertiary/aromatic N) is 2. The Kier molecular flexibility index (Phi) is 6.89. The number of benzene rings is 2. The van der Waals surface area contributed by atoms with Crippen molar-refractivity contribution in [1.29, 1.82) is 0 Å². The lowest BCUT2D eigenvalue weighted by molar-refractivity contribution is -0.127. The Labute approximate surface area is 166 Å². The molecule has 0 saturated carbocycles. The summed E-state index contributed by atoms with van der Waals surface area (Å²) in [6.07, 6.45) is 1.73. The first-order valence-electron chi connectivity index (χ1n) is 9.64. The minimum Gasteiger partial charge on any atom is -0.493 e. The van der Waals surface area contributed by atoms with Gasteiger partial charge in [0.15, 0.2) is 5.96 Å². The smallest absolute Gasteiger partial charge is 0.243 e. The SMILES string of the molecule is CN(C)C(=O)CN=C(NCCc1ccccc1)NC1CCOc2ccccc21. The van der Waals surface area contributed by atoms with Crippen LogP contribution in [0.25, 0.3) is 0 Å². The first kappa shape index (κ1) is 19.7. The maximum absolute atomic E-state index is 12.0. The predicted octanol–water partition coefficient (Wildman–Crippen LogP) is 2.38. The number of nitrogens with one attached hydrogen (secondary N) is 2. The van der Waals surface area contributed by atoms with Crippen LogP contribution in [-0.4, -0.2) is 50.6 Å². The second-order valence-corrected chi connectivity index (χ2v) is 6.99. The average molecular weight is 380 g/mol. The fraction of sp³-hybridized carbons (Fsp3) is 0.364. The summed E-state index contributed by atoms with van der Waals surface area (Å²) in [6, 6.07) is 18.4. The van der Waals surface area contributed by atoms with Crippen molar-refractivity contribution in [2.75, 3.05) is 33.8 Å². The van der Waals surface area contributed by atoms with Crippen LogP contribution < -0.4 is 15.4 Å². The summed E-state index contributed by atoms with van der Waals surface area (Å²) < 4.78 is 5.74. The highest BCUT2D eigenvalue weighted by atomic mass is 16.5. The zero-order valence-electron chi connectivity index (χ0n) is 16.5. The molecule has 1 unspecified atom stereocenters. The lowest BCUT2D eigenvalue weighted by Crippen LogP contribution is -2.42. The first-order chi connectivity index (χ1) is 13.6. The molecule has 1 heterocycles. The van der Waals surface area contributed by atoms with Crippen LogP contribution in [-0.2, 0) is 11.2 Å². The molecule has 0 aromatic heterocycles. The Balaban J connectivity index is 1.67. The van der Waals surface area contributed by atoms with Crippen LogP contribution in [0.1, 0.15) is 23.6 Å². The van der Waals surface area contributed by atoms with Crippen molar-refractivity contribution in [2.24, 2.45) is 4.99 Å². The van der Waals surface area contributed by atoms with E-state index in [1.807, 2.05) is 36.4 Å². The van der Waals surface area contributed by atoms with Crippen LogP contribution in [0.3, 0.4) is 0 Å². The number of fused-ring (bicyclic) bond motifs is 1. The molecule has 0 spiro atoms. The molecule has 2 aromatic rings. The van der Waals surface area contributed by atoms with Gasteiger partial charge >= 0.3 is 0 Å². The molecule has 0 aliphatic carbocycles. The molecule has 1 atom stereocenters. The van der Waals surface area contributed by atoms with Crippen LogP contribution >= 0.6 is 0 Å². The van der Waals surface area contributed by atoms with E-state index in [4.69, 9.17) is 4.74 Å². The Hall–Kier alpha value is -3.02. The molecule has 1 amide bonds. The quantitative estimate of drug-likeness (QED) is 0.597. The number of hydrogen-bond donors (Lipinski definition) is 2. The van der Waals surface area contributed by atoms with Gasteiger partial charge in [0.05, 0.1) is 12.6 Å². The van der Waals surface area contributed by atoms with Crippen molar-refractivity contribution >= 4 is 11.9 Å². The number of guanidine groups is 1. The highest BCUT2D eigenvalue weighted by Crippen LogP contribution is 2.31. The maximum Gasteiger partial charge on any atom is 0.243 e. The third kappa shape index (κ3) is 5.49. The molecule has 6 heteroatoms. The van der Waals surface area contributed by atoms with Gasteiger partial charge in [0, 0.05) is 32.6 Å². The third-order valence-corrected chi connectivity index (χ3v) is 4.69. The summed E-state index contributed by atoms with van der Waals surface area (Å²) in [5, 5.41) is 6.85. The van der Waals surface area contributed by atoms with Crippen LogP contribution in [0.15, 0.2) is 59.6 Å². The predicted molar refractivity (Wildman–Crippen MR) is 112 cm³/mol. The molecule has 6 nitrogen and oxygen atoms in total. The number of amides is 1. The normalized spacial score (nSPS) is 15.9. The lowest BCUT2D eigenvalue weighted by atomic mass is 10.0. The number of para-hydroxylation sites is 1. The highest BCUT2D eigenvalue weighted by molar-refractivity contribution is 5.85. The van der Waals surface area contributed by atoms with Crippen molar-refractivity contribution in [1.82, 2.24) is 15.5 Å². The minimum absolute atomic E-state index is 0.0310. The van der Waals surface area contributed by atoms with E-state index in [0.29, 0.717) is 12.6 Å². The number of rotatable bonds is 6. The molecule has 148 valence electrons. The Morgan fingerprint density at radius 2 is 1.89 bits per heavy atom. The van der Waals surface area contributed by atoms with E-state index in [9.17, 15) is 4.79 Å². The molecular formula is C22H28N4O2. The number of carbonyl (C=O) groups is 1. The molecule has 0 bridgehead atoms. The van der Waals surface area contributed by atoms with E-state index in [0.717, 1.165) is 30.7 Å². The average Bonchev–Trinajstić information content (AvgIpc) is 2.72. The number of aliphatic imine (C=N–C) groups is 1. The Bertz CT molecular complexity index is 805. The fourth-order valence-electron chi connectivity index (χ4n) is 3.07. The second kappa shape index (κ2) is 9.78. The molecule has 28 heavy (non-hydrogen) atoms. The van der Waals surface area contributed by atoms with Gasteiger partial charge < -0.3 is 20.3 Å². The van der Waals surface area contributed by atoms with Crippen LogP contribution in [0, 0.1) is 0 Å². The van der Waals surface area contributed by atoms with E-state index in [2.05, 4.69) is 33.8 Å². The van der Waals surface area contributed by atoms with Crippen LogP contribution in [0.5, 0.6) is 5.75 Å². The Morgan fingerprint density at radius 1 is 1.14 bits per heavy atom. The molecule has 1 aliphatic heterocycles. The zero-order chi connectivity index (χ0) is 19.8. The van der Waals surface area contributed by atoms with Gasteiger partial charge in [0.2, 0.25) is 5.91 Å². The van der Waals surface area contributed by atoms with Gasteiger partial charge in [-0.3, -0.25) is 4.79 Å². The number of carbonyl (C=O) groups excluding carboxylic acids is 1. The van der Waals surface area contributed by atoms with Gasteiger partial charge in [-0.15, -0.1) is 0 Å². The molecule has 0 saturated heterocycles. The largest absolute Gasteiger partial charge is 0.493 e. The third-order valence-electron chi connectivity index (χ3n) is 4.69. The number of ether oxygens (including phenoxy) is 1. The van der Waals surface area contributed by atoms with E-state index in [1.165, 1.54) is 5.56 Å². The number of hydrogen-bond acceptors (Lipinski definition) is 3. The van der Waals surface area contributed by atoms with Gasteiger partial charge in [0.1, 0.15) is 12.3 Å². The first-order valence-corrected chi connectivity index (χ1v) is 9.64. The minimum atomic E-state index is -0.0310. The molecule has 2 N–H and O–H groups in total. The summed E-state index contributed by atoms with van der Waals surface area (Å²) >= 11 is 0. The second-order valence-electron chi connectivity index (χ2n) is 6.99. The van der Waals surface area contributed by atoms with Gasteiger partial charge in [-0.25, -0.2) is 4.99 Å². The van der Waals surface area contributed by atoms with Crippen molar-refractivity contribution < 1.29 is 9.53 Å². The molecule has 0 radical (unpaired) electrons. The van der Waals surface area contributed by atoms with Gasteiger partial charge in [0.25, 0.3) is 0 Å². The highest BCUT2D eigenvalue weighted by Gasteiger charge is 2.22. The van der Waals surface area contributed by atoms with E-state index in [1.54, 1.807) is 19.0 Å². The molecule has 2 aromatic carbocycles. The monoisotopic (exact) mass is 380 g/mol. The van der Waals surface area contributed by atoms with Crippen molar-refractivity contribution in [2.45, 2.75) is 18.9 Å². The molecule has 1 aliphatic rings. The molecular weight excluding hydrogens is 352 g/mol. The molecule has 0 fully saturated rings. The van der Waals surface area contributed by atoms with Crippen LogP contribution in [0.2, 0.25) is 0 Å². The fourth-order valence-corrected chi connectivity index (χ4v) is 3.07. The summed E-state index contributed by atoms with van der Waals surface area (Å²) in [5.41, 5.74) is 2.38. The van der Waals surface area contributed by atoms with Crippen molar-refractivity contribution in [3.05, 3.63) is 65.7 Å². The summed E-state index contributed by atoms with van der Waals surface area (Å²) in [5.74, 6) is 1.52. The Morgan fingerprint density at radius 3 is 2.68 bits per heavy atom. The van der Waals surface area contributed by atoms with Gasteiger partial charge in [-0.2, -0.15) is 0 Å². The summed E-state index contributed by atoms with van der Waals surface area (Å²) in [6.45, 7) is 1.50. The summed E-state index contributed by atoms with van der Waals surface area (Å²) in [4.78, 5) is 18.0. The van der Waals surface area contributed by atoms with Gasteiger partial charge in [-0.05, 0) is 18.1 Å².